The Morgan fingerprint density at radius 1 is 0.564 bits per heavy atom. The third-order valence-electron chi connectivity index (χ3n) is 10.00. The third-order valence-corrected chi connectivity index (χ3v) is 10.00. The Morgan fingerprint density at radius 3 is 1.56 bits per heavy atom. The molecule has 10 nitrogen and oxygen atoms in total. The number of aliphatic hydroxyl groups excluding tert-OH is 4. The number of unbranched alkanes of at least 4 members (excludes halogenated alkanes) is 19. The summed E-state index contributed by atoms with van der Waals surface area (Å²) in [6.45, 7) is 3.36. The molecule has 320 valence electrons. The maximum Gasteiger partial charge on any atom is 0.306 e. The van der Waals surface area contributed by atoms with Crippen molar-refractivity contribution < 1.29 is 49.0 Å². The van der Waals surface area contributed by atoms with Gasteiger partial charge in [-0.25, -0.2) is 0 Å². The maximum absolute atomic E-state index is 12.7. The summed E-state index contributed by atoms with van der Waals surface area (Å²) in [5, 5.41) is 40.0. The Hall–Kier alpha value is -2.08. The summed E-state index contributed by atoms with van der Waals surface area (Å²) < 4.78 is 22.1. The molecule has 0 aromatic carbocycles. The summed E-state index contributed by atoms with van der Waals surface area (Å²) in [5.74, 6) is -0.862. The first-order valence-corrected chi connectivity index (χ1v) is 22.1. The van der Waals surface area contributed by atoms with Crippen LogP contribution in [0, 0.1) is 0 Å². The van der Waals surface area contributed by atoms with Gasteiger partial charge in [0.15, 0.2) is 12.4 Å². The molecule has 0 bridgehead atoms. The lowest BCUT2D eigenvalue weighted by molar-refractivity contribution is -0.305. The van der Waals surface area contributed by atoms with Gasteiger partial charge in [-0.2, -0.15) is 0 Å². The molecule has 1 aliphatic heterocycles. The molecule has 1 heterocycles. The summed E-state index contributed by atoms with van der Waals surface area (Å²) in [5.41, 5.74) is 0. The van der Waals surface area contributed by atoms with E-state index in [1.165, 1.54) is 89.9 Å². The van der Waals surface area contributed by atoms with Gasteiger partial charge in [-0.3, -0.25) is 9.59 Å². The van der Waals surface area contributed by atoms with E-state index in [0.717, 1.165) is 51.4 Å². The fourth-order valence-electron chi connectivity index (χ4n) is 6.45. The van der Waals surface area contributed by atoms with E-state index in [1.807, 2.05) is 0 Å². The van der Waals surface area contributed by atoms with Crippen LogP contribution in [0.1, 0.15) is 181 Å². The van der Waals surface area contributed by atoms with Gasteiger partial charge < -0.3 is 39.4 Å². The predicted octanol–water partition coefficient (Wildman–Crippen LogP) is 9.11. The number of hydrogen-bond acceptors (Lipinski definition) is 10. The Bertz CT molecular complexity index is 996. The molecule has 0 saturated carbocycles. The standard InChI is InChI=1S/C45H80O10/c1-3-5-7-9-11-13-15-17-19-21-23-25-27-29-31-33-40(47)52-36-38(37-53-45-44(51)43(50)42(49)39(35-46)55-45)54-41(48)34-32-30-28-26-24-22-20-18-16-14-12-10-8-6-4-2/h18,20-21,23-24,26,38-39,42-46,49-51H,3-17,19,22,25,27-37H2,1-2H3/b20-18+,23-21+,26-24+/t38-,39-,42+,43?,44?,45-/m0/s1. The highest BCUT2D eigenvalue weighted by Gasteiger charge is 2.44. The second-order valence-electron chi connectivity index (χ2n) is 15.1. The Morgan fingerprint density at radius 2 is 1.02 bits per heavy atom. The quantitative estimate of drug-likeness (QED) is 0.0275. The second kappa shape index (κ2) is 36.3. The van der Waals surface area contributed by atoms with Gasteiger partial charge in [0.25, 0.3) is 0 Å². The molecule has 10 heteroatoms. The number of hydrogen-bond donors (Lipinski definition) is 4. The van der Waals surface area contributed by atoms with Crippen LogP contribution < -0.4 is 0 Å². The number of aliphatic hydroxyl groups is 4. The topological polar surface area (TPSA) is 152 Å². The number of allylic oxidation sites excluding steroid dienone is 6. The highest BCUT2D eigenvalue weighted by molar-refractivity contribution is 5.70. The summed E-state index contributed by atoms with van der Waals surface area (Å²) in [7, 11) is 0. The molecule has 0 spiro atoms. The average molecular weight is 781 g/mol. The van der Waals surface area contributed by atoms with Crippen LogP contribution in [0.25, 0.3) is 0 Å². The van der Waals surface area contributed by atoms with Gasteiger partial charge in [-0.15, -0.1) is 0 Å². The highest BCUT2D eigenvalue weighted by atomic mass is 16.7. The Balaban J connectivity index is 2.38. The molecule has 0 amide bonds. The van der Waals surface area contributed by atoms with Crippen molar-refractivity contribution in [2.75, 3.05) is 19.8 Å². The van der Waals surface area contributed by atoms with Crippen molar-refractivity contribution in [3.05, 3.63) is 36.5 Å². The monoisotopic (exact) mass is 781 g/mol. The fourth-order valence-corrected chi connectivity index (χ4v) is 6.45. The first-order valence-electron chi connectivity index (χ1n) is 22.1. The van der Waals surface area contributed by atoms with E-state index in [1.54, 1.807) is 0 Å². The van der Waals surface area contributed by atoms with Crippen LogP contribution >= 0.6 is 0 Å². The lowest BCUT2D eigenvalue weighted by Crippen LogP contribution is -2.59. The normalized spacial score (nSPS) is 20.9. The van der Waals surface area contributed by atoms with Crippen LogP contribution in [0.15, 0.2) is 36.5 Å². The minimum Gasteiger partial charge on any atom is -0.462 e. The molecule has 1 saturated heterocycles. The van der Waals surface area contributed by atoms with Crippen LogP contribution in [0.5, 0.6) is 0 Å². The van der Waals surface area contributed by atoms with E-state index in [0.29, 0.717) is 12.8 Å². The molecule has 0 radical (unpaired) electrons. The van der Waals surface area contributed by atoms with Gasteiger partial charge in [-0.1, -0.05) is 134 Å². The molecule has 0 aromatic heterocycles. The van der Waals surface area contributed by atoms with E-state index in [-0.39, 0.29) is 26.1 Å². The zero-order valence-electron chi connectivity index (χ0n) is 34.7. The lowest BCUT2D eigenvalue weighted by atomic mass is 9.99. The average Bonchev–Trinajstić information content (AvgIpc) is 3.18. The highest BCUT2D eigenvalue weighted by Crippen LogP contribution is 2.22. The van der Waals surface area contributed by atoms with E-state index in [9.17, 15) is 30.0 Å². The smallest absolute Gasteiger partial charge is 0.306 e. The Kier molecular flexibility index (Phi) is 33.6. The van der Waals surface area contributed by atoms with Gasteiger partial charge in [0.05, 0.1) is 13.2 Å². The minimum absolute atomic E-state index is 0.185. The van der Waals surface area contributed by atoms with Gasteiger partial charge >= 0.3 is 11.9 Å². The number of carbonyl (C=O) groups excluding carboxylic acids is 2. The van der Waals surface area contributed by atoms with Crippen molar-refractivity contribution >= 4 is 11.9 Å². The van der Waals surface area contributed by atoms with Crippen LogP contribution in [-0.2, 0) is 28.5 Å². The first kappa shape index (κ1) is 50.9. The van der Waals surface area contributed by atoms with E-state index >= 15 is 0 Å². The van der Waals surface area contributed by atoms with E-state index in [2.05, 4.69) is 50.3 Å². The molecule has 2 unspecified atom stereocenters. The molecule has 0 aromatic rings. The third kappa shape index (κ3) is 28.0. The largest absolute Gasteiger partial charge is 0.462 e. The molecule has 0 aliphatic carbocycles. The molecular formula is C45H80O10. The first-order chi connectivity index (χ1) is 26.8. The lowest BCUT2D eigenvalue weighted by Gasteiger charge is -2.39. The number of esters is 2. The van der Waals surface area contributed by atoms with Gasteiger partial charge in [-0.05, 0) is 70.6 Å². The van der Waals surface area contributed by atoms with E-state index in [4.69, 9.17) is 18.9 Å². The van der Waals surface area contributed by atoms with Crippen LogP contribution in [0.4, 0.5) is 0 Å². The molecule has 55 heavy (non-hydrogen) atoms. The molecule has 4 N–H and O–H groups in total. The second-order valence-corrected chi connectivity index (χ2v) is 15.1. The number of carbonyl (C=O) groups is 2. The molecule has 1 fully saturated rings. The number of rotatable bonds is 36. The van der Waals surface area contributed by atoms with Gasteiger partial charge in [0.2, 0.25) is 0 Å². The van der Waals surface area contributed by atoms with Crippen molar-refractivity contribution in [1.82, 2.24) is 0 Å². The summed E-state index contributed by atoms with van der Waals surface area (Å²) in [6.07, 6.45) is 33.0. The molecule has 6 atom stereocenters. The molecule has 1 aliphatic rings. The van der Waals surface area contributed by atoms with Crippen molar-refractivity contribution in [2.45, 2.75) is 218 Å². The van der Waals surface area contributed by atoms with Crippen molar-refractivity contribution in [2.24, 2.45) is 0 Å². The van der Waals surface area contributed by atoms with Crippen molar-refractivity contribution in [3.8, 4) is 0 Å². The zero-order chi connectivity index (χ0) is 40.2. The maximum atomic E-state index is 12.7. The van der Waals surface area contributed by atoms with Gasteiger partial charge in [0.1, 0.15) is 31.0 Å². The van der Waals surface area contributed by atoms with Crippen LogP contribution in [-0.4, -0.2) is 89.0 Å². The number of ether oxygens (including phenoxy) is 4. The summed E-state index contributed by atoms with van der Waals surface area (Å²) in [6, 6.07) is 0. The zero-order valence-corrected chi connectivity index (χ0v) is 34.7. The van der Waals surface area contributed by atoms with Gasteiger partial charge in [0, 0.05) is 12.8 Å². The fraction of sp³-hybridized carbons (Fsp3) is 0.822. The molecular weight excluding hydrogens is 700 g/mol. The SMILES string of the molecule is CCCCCCCC/C=C/C/C=C/CCCCC(=O)O[C@@H](COC(=O)CCCCC/C=C/CCCCCCCCCC)CO[C@H]1O[C@@H](CO)[C@@H](O)C(O)C1O. The summed E-state index contributed by atoms with van der Waals surface area (Å²) in [4.78, 5) is 25.3. The van der Waals surface area contributed by atoms with Crippen molar-refractivity contribution in [3.63, 3.8) is 0 Å². The predicted molar refractivity (Wildman–Crippen MR) is 219 cm³/mol. The van der Waals surface area contributed by atoms with Crippen LogP contribution in [0.2, 0.25) is 0 Å². The summed E-state index contributed by atoms with van der Waals surface area (Å²) >= 11 is 0. The minimum atomic E-state index is -1.60. The van der Waals surface area contributed by atoms with Crippen LogP contribution in [0.3, 0.4) is 0 Å². The Labute approximate surface area is 334 Å². The molecule has 1 rings (SSSR count). The van der Waals surface area contributed by atoms with Crippen molar-refractivity contribution in [1.29, 1.82) is 0 Å². The van der Waals surface area contributed by atoms with E-state index < -0.39 is 55.4 Å².